The number of rotatable bonds is 6. The van der Waals surface area contributed by atoms with Gasteiger partial charge in [-0.05, 0) is 42.9 Å². The van der Waals surface area contributed by atoms with E-state index in [0.717, 1.165) is 45.2 Å². The van der Waals surface area contributed by atoms with E-state index in [1.807, 2.05) is 7.05 Å². The molecule has 27 heavy (non-hydrogen) atoms. The molecule has 1 fully saturated rings. The average Bonchev–Trinajstić information content (AvgIpc) is 2.64. The zero-order valence-corrected chi connectivity index (χ0v) is 19.9. The van der Waals surface area contributed by atoms with Crippen molar-refractivity contribution in [2.75, 3.05) is 38.3 Å². The summed E-state index contributed by atoms with van der Waals surface area (Å²) in [6, 6.07) is 9.18. The summed E-state index contributed by atoms with van der Waals surface area (Å²) in [7, 11) is 1.83. The summed E-state index contributed by atoms with van der Waals surface area (Å²) in [5, 5.41) is 6.91. The molecule has 0 aromatic heterocycles. The molecule has 0 radical (unpaired) electrons. The minimum Gasteiger partial charge on any atom is -0.378 e. The Balaban J connectivity index is 0.00000364. The van der Waals surface area contributed by atoms with Gasteiger partial charge in [0.1, 0.15) is 0 Å². The molecule has 1 heterocycles. The van der Waals surface area contributed by atoms with E-state index in [1.165, 1.54) is 17.7 Å². The van der Waals surface area contributed by atoms with Gasteiger partial charge in [-0.25, -0.2) is 0 Å². The average molecular weight is 488 g/mol. The number of guanidine groups is 1. The highest BCUT2D eigenvalue weighted by molar-refractivity contribution is 14.0. The molecule has 0 bridgehead atoms. The van der Waals surface area contributed by atoms with Crippen molar-refractivity contribution in [3.8, 4) is 0 Å². The minimum absolute atomic E-state index is 0. The van der Waals surface area contributed by atoms with Gasteiger partial charge < -0.3 is 20.3 Å². The van der Waals surface area contributed by atoms with Crippen LogP contribution in [0.5, 0.6) is 0 Å². The highest BCUT2D eigenvalue weighted by Gasteiger charge is 2.13. The standard InChI is InChI=1S/C21H36N4O.HI/c1-17(10-11-21(2,3)4)24-20(22-5)23-16-18-6-8-19(9-7-18)25-12-14-26-15-13-25;/h6-9,17H,10-16H2,1-5H3,(H2,22,23,24);1H. The van der Waals surface area contributed by atoms with Gasteiger partial charge in [0.25, 0.3) is 0 Å². The molecule has 1 atom stereocenters. The topological polar surface area (TPSA) is 48.9 Å². The van der Waals surface area contributed by atoms with Gasteiger partial charge in [0.15, 0.2) is 5.96 Å². The van der Waals surface area contributed by atoms with Crippen molar-refractivity contribution in [3.63, 3.8) is 0 Å². The lowest BCUT2D eigenvalue weighted by molar-refractivity contribution is 0.122. The van der Waals surface area contributed by atoms with Crippen LogP contribution in [0.3, 0.4) is 0 Å². The summed E-state index contributed by atoms with van der Waals surface area (Å²) in [5.74, 6) is 0.865. The van der Waals surface area contributed by atoms with Crippen molar-refractivity contribution in [3.05, 3.63) is 29.8 Å². The molecule has 0 amide bonds. The molecule has 1 unspecified atom stereocenters. The maximum Gasteiger partial charge on any atom is 0.191 e. The van der Waals surface area contributed by atoms with Crippen molar-refractivity contribution in [1.29, 1.82) is 0 Å². The molecule has 0 saturated carbocycles. The largest absolute Gasteiger partial charge is 0.378 e. The quantitative estimate of drug-likeness (QED) is 0.361. The molecule has 1 aliphatic heterocycles. The molecular weight excluding hydrogens is 451 g/mol. The van der Waals surface area contributed by atoms with Crippen LogP contribution in [0.4, 0.5) is 5.69 Å². The van der Waals surface area contributed by atoms with Crippen LogP contribution in [0.2, 0.25) is 0 Å². The van der Waals surface area contributed by atoms with Crippen LogP contribution in [0.15, 0.2) is 29.3 Å². The van der Waals surface area contributed by atoms with Gasteiger partial charge in [-0.1, -0.05) is 32.9 Å². The van der Waals surface area contributed by atoms with Crippen LogP contribution >= 0.6 is 24.0 Å². The summed E-state index contributed by atoms with van der Waals surface area (Å²) < 4.78 is 5.42. The highest BCUT2D eigenvalue weighted by Crippen LogP contribution is 2.21. The summed E-state index contributed by atoms with van der Waals surface area (Å²) >= 11 is 0. The van der Waals surface area contributed by atoms with E-state index in [1.54, 1.807) is 0 Å². The van der Waals surface area contributed by atoms with E-state index >= 15 is 0 Å². The van der Waals surface area contributed by atoms with Gasteiger partial charge in [0, 0.05) is 38.4 Å². The predicted molar refractivity (Wildman–Crippen MR) is 126 cm³/mol. The van der Waals surface area contributed by atoms with Crippen molar-refractivity contribution < 1.29 is 4.74 Å². The Morgan fingerprint density at radius 3 is 2.37 bits per heavy atom. The molecule has 6 heteroatoms. The molecule has 1 saturated heterocycles. The fourth-order valence-corrected chi connectivity index (χ4v) is 2.98. The molecule has 2 rings (SSSR count). The smallest absolute Gasteiger partial charge is 0.191 e. The first kappa shape index (κ1) is 24.0. The van der Waals surface area contributed by atoms with Gasteiger partial charge in [-0.15, -0.1) is 24.0 Å². The third-order valence-corrected chi connectivity index (χ3v) is 4.71. The minimum atomic E-state index is 0. The fraction of sp³-hybridized carbons (Fsp3) is 0.667. The fourth-order valence-electron chi connectivity index (χ4n) is 2.98. The number of hydrogen-bond donors (Lipinski definition) is 2. The van der Waals surface area contributed by atoms with Crippen LogP contribution in [0, 0.1) is 5.41 Å². The van der Waals surface area contributed by atoms with Crippen LogP contribution in [-0.2, 0) is 11.3 Å². The second-order valence-corrected chi connectivity index (χ2v) is 8.34. The van der Waals surface area contributed by atoms with Gasteiger partial charge in [-0.3, -0.25) is 4.99 Å². The number of ether oxygens (including phenoxy) is 1. The highest BCUT2D eigenvalue weighted by atomic mass is 127. The van der Waals surface area contributed by atoms with Crippen LogP contribution < -0.4 is 15.5 Å². The monoisotopic (exact) mass is 488 g/mol. The Hall–Kier alpha value is -1.02. The number of hydrogen-bond acceptors (Lipinski definition) is 3. The lowest BCUT2D eigenvalue weighted by Crippen LogP contribution is -2.42. The van der Waals surface area contributed by atoms with Gasteiger partial charge in [-0.2, -0.15) is 0 Å². The Bertz CT molecular complexity index is 563. The first-order valence-electron chi connectivity index (χ1n) is 9.76. The SMILES string of the molecule is CN=C(NCc1ccc(N2CCOCC2)cc1)NC(C)CCC(C)(C)C.I. The van der Waals surface area contributed by atoms with Crippen molar-refractivity contribution in [1.82, 2.24) is 10.6 Å². The molecule has 1 aliphatic rings. The van der Waals surface area contributed by atoms with E-state index in [4.69, 9.17) is 4.74 Å². The normalized spacial score (nSPS) is 16.5. The third-order valence-electron chi connectivity index (χ3n) is 4.71. The number of benzene rings is 1. The number of morpholine rings is 1. The van der Waals surface area contributed by atoms with Gasteiger partial charge >= 0.3 is 0 Å². The van der Waals surface area contributed by atoms with E-state index < -0.39 is 0 Å². The molecule has 2 N–H and O–H groups in total. The maximum absolute atomic E-state index is 5.42. The van der Waals surface area contributed by atoms with E-state index in [9.17, 15) is 0 Å². The second kappa shape index (κ2) is 11.7. The molecule has 1 aromatic carbocycles. The summed E-state index contributed by atoms with van der Waals surface area (Å²) in [5.41, 5.74) is 2.90. The Morgan fingerprint density at radius 1 is 1.19 bits per heavy atom. The summed E-state index contributed by atoms with van der Waals surface area (Å²) in [4.78, 5) is 6.72. The van der Waals surface area contributed by atoms with Crippen molar-refractivity contribution >= 4 is 35.6 Å². The van der Waals surface area contributed by atoms with E-state index in [-0.39, 0.29) is 24.0 Å². The van der Waals surface area contributed by atoms with Crippen LogP contribution in [-0.4, -0.2) is 45.4 Å². The number of aliphatic imine (C=N–C) groups is 1. The summed E-state index contributed by atoms with van der Waals surface area (Å²) in [6.45, 7) is 13.4. The summed E-state index contributed by atoms with van der Waals surface area (Å²) in [6.07, 6.45) is 2.33. The number of anilines is 1. The first-order chi connectivity index (χ1) is 12.4. The second-order valence-electron chi connectivity index (χ2n) is 8.34. The zero-order chi connectivity index (χ0) is 19.0. The molecule has 5 nitrogen and oxygen atoms in total. The lowest BCUT2D eigenvalue weighted by Gasteiger charge is -2.29. The van der Waals surface area contributed by atoms with Crippen LogP contribution in [0.1, 0.15) is 46.1 Å². The molecule has 154 valence electrons. The van der Waals surface area contributed by atoms with Gasteiger partial charge in [0.2, 0.25) is 0 Å². The van der Waals surface area contributed by atoms with Crippen LogP contribution in [0.25, 0.3) is 0 Å². The lowest BCUT2D eigenvalue weighted by atomic mass is 9.89. The molecule has 0 aliphatic carbocycles. The maximum atomic E-state index is 5.42. The molecular formula is C21H37IN4O. The molecule has 1 aromatic rings. The van der Waals surface area contributed by atoms with Crippen molar-refractivity contribution in [2.45, 2.75) is 53.1 Å². The number of halogens is 1. The van der Waals surface area contributed by atoms with E-state index in [2.05, 4.69) is 72.5 Å². The molecule has 0 spiro atoms. The Kier molecular flexibility index (Phi) is 10.4. The zero-order valence-electron chi connectivity index (χ0n) is 17.5. The third kappa shape index (κ3) is 9.14. The Labute approximate surface area is 182 Å². The van der Waals surface area contributed by atoms with Gasteiger partial charge in [0.05, 0.1) is 13.2 Å². The van der Waals surface area contributed by atoms with E-state index in [0.29, 0.717) is 11.5 Å². The number of nitrogens with zero attached hydrogens (tertiary/aromatic N) is 2. The predicted octanol–water partition coefficient (Wildman–Crippen LogP) is 4.02. The van der Waals surface area contributed by atoms with Crippen molar-refractivity contribution in [2.24, 2.45) is 10.4 Å². The Morgan fingerprint density at radius 2 is 1.81 bits per heavy atom. The number of nitrogens with one attached hydrogen (secondary N) is 2. The first-order valence-corrected chi connectivity index (χ1v) is 9.76.